The van der Waals surface area contributed by atoms with Gasteiger partial charge in [-0.25, -0.2) is 0 Å². The smallest absolute Gasteiger partial charge is 0.0480 e. The van der Waals surface area contributed by atoms with Crippen LogP contribution in [-0.4, -0.2) is 37.9 Å². The highest BCUT2D eigenvalue weighted by Crippen LogP contribution is 2.13. The standard InChI is InChI=1S/C12H24N2O/c1-10(9-12-3-2-6-13-12)14-11-4-7-15-8-5-11/h10-14H,2-9H2,1H3. The Bertz CT molecular complexity index is 174. The summed E-state index contributed by atoms with van der Waals surface area (Å²) in [6.45, 7) is 5.41. The highest BCUT2D eigenvalue weighted by atomic mass is 16.5. The van der Waals surface area contributed by atoms with Crippen molar-refractivity contribution in [3.63, 3.8) is 0 Å². The molecule has 2 rings (SSSR count). The maximum atomic E-state index is 5.36. The SMILES string of the molecule is CC(CC1CCCN1)NC1CCOCC1. The van der Waals surface area contributed by atoms with Crippen molar-refractivity contribution in [2.24, 2.45) is 0 Å². The Hall–Kier alpha value is -0.120. The molecule has 3 nitrogen and oxygen atoms in total. The van der Waals surface area contributed by atoms with Crippen molar-refractivity contribution in [2.45, 2.75) is 57.2 Å². The Morgan fingerprint density at radius 2 is 2.13 bits per heavy atom. The molecule has 88 valence electrons. The molecule has 2 N–H and O–H groups in total. The van der Waals surface area contributed by atoms with E-state index in [-0.39, 0.29) is 0 Å². The lowest BCUT2D eigenvalue weighted by molar-refractivity contribution is 0.0748. The third-order valence-electron chi connectivity index (χ3n) is 3.54. The minimum absolute atomic E-state index is 0.642. The Balaban J connectivity index is 1.64. The molecule has 0 aliphatic carbocycles. The molecule has 0 spiro atoms. The summed E-state index contributed by atoms with van der Waals surface area (Å²) >= 11 is 0. The van der Waals surface area contributed by atoms with Crippen molar-refractivity contribution < 1.29 is 4.74 Å². The van der Waals surface area contributed by atoms with Crippen LogP contribution in [0.1, 0.15) is 39.0 Å². The molecule has 0 saturated carbocycles. The number of nitrogens with one attached hydrogen (secondary N) is 2. The van der Waals surface area contributed by atoms with Crippen LogP contribution in [0.4, 0.5) is 0 Å². The van der Waals surface area contributed by atoms with Crippen LogP contribution in [0.15, 0.2) is 0 Å². The van der Waals surface area contributed by atoms with E-state index < -0.39 is 0 Å². The van der Waals surface area contributed by atoms with Gasteiger partial charge in [-0.15, -0.1) is 0 Å². The van der Waals surface area contributed by atoms with E-state index in [4.69, 9.17) is 4.74 Å². The second-order valence-electron chi connectivity index (χ2n) is 4.98. The van der Waals surface area contributed by atoms with Crippen molar-refractivity contribution in [1.29, 1.82) is 0 Å². The molecular weight excluding hydrogens is 188 g/mol. The maximum absolute atomic E-state index is 5.36. The lowest BCUT2D eigenvalue weighted by Crippen LogP contribution is -2.42. The van der Waals surface area contributed by atoms with Crippen molar-refractivity contribution >= 4 is 0 Å². The van der Waals surface area contributed by atoms with Gasteiger partial charge in [0, 0.05) is 31.3 Å². The molecule has 2 fully saturated rings. The molecule has 2 aliphatic rings. The fourth-order valence-electron chi connectivity index (χ4n) is 2.72. The maximum Gasteiger partial charge on any atom is 0.0480 e. The monoisotopic (exact) mass is 212 g/mol. The van der Waals surface area contributed by atoms with E-state index in [1.165, 1.54) is 38.6 Å². The van der Waals surface area contributed by atoms with Crippen LogP contribution in [0.2, 0.25) is 0 Å². The van der Waals surface area contributed by atoms with E-state index in [1.54, 1.807) is 0 Å². The van der Waals surface area contributed by atoms with Gasteiger partial charge < -0.3 is 15.4 Å². The second-order valence-corrected chi connectivity index (χ2v) is 4.98. The summed E-state index contributed by atoms with van der Waals surface area (Å²) in [6.07, 6.45) is 6.36. The van der Waals surface area contributed by atoms with Crippen molar-refractivity contribution in [1.82, 2.24) is 10.6 Å². The quantitative estimate of drug-likeness (QED) is 0.736. The van der Waals surface area contributed by atoms with Crippen molar-refractivity contribution in [2.75, 3.05) is 19.8 Å². The molecule has 2 unspecified atom stereocenters. The third kappa shape index (κ3) is 3.74. The number of hydrogen-bond acceptors (Lipinski definition) is 3. The summed E-state index contributed by atoms with van der Waals surface area (Å²) in [4.78, 5) is 0. The van der Waals surface area contributed by atoms with Gasteiger partial charge in [0.25, 0.3) is 0 Å². The van der Waals surface area contributed by atoms with Crippen molar-refractivity contribution in [3.8, 4) is 0 Å². The van der Waals surface area contributed by atoms with Gasteiger partial charge in [-0.05, 0) is 45.6 Å². The minimum Gasteiger partial charge on any atom is -0.381 e. The fraction of sp³-hybridized carbons (Fsp3) is 1.00. The Morgan fingerprint density at radius 3 is 2.80 bits per heavy atom. The first-order valence-corrected chi connectivity index (χ1v) is 6.42. The third-order valence-corrected chi connectivity index (χ3v) is 3.54. The topological polar surface area (TPSA) is 33.3 Å². The fourth-order valence-corrected chi connectivity index (χ4v) is 2.72. The summed E-state index contributed by atoms with van der Waals surface area (Å²) in [6, 6.07) is 2.09. The molecule has 0 aromatic heterocycles. The van der Waals surface area contributed by atoms with Crippen LogP contribution < -0.4 is 10.6 Å². The highest BCUT2D eigenvalue weighted by Gasteiger charge is 2.20. The van der Waals surface area contributed by atoms with Crippen LogP contribution >= 0.6 is 0 Å². The van der Waals surface area contributed by atoms with Gasteiger partial charge in [0.1, 0.15) is 0 Å². The lowest BCUT2D eigenvalue weighted by atomic mass is 10.0. The summed E-state index contributed by atoms with van der Waals surface area (Å²) in [5.41, 5.74) is 0. The molecule has 2 saturated heterocycles. The van der Waals surface area contributed by atoms with Crippen LogP contribution in [0.5, 0.6) is 0 Å². The van der Waals surface area contributed by atoms with E-state index >= 15 is 0 Å². The highest BCUT2D eigenvalue weighted by molar-refractivity contribution is 4.81. The molecule has 0 amide bonds. The molecule has 3 heteroatoms. The number of hydrogen-bond donors (Lipinski definition) is 2. The molecule has 2 atom stereocenters. The lowest BCUT2D eigenvalue weighted by Gasteiger charge is -2.28. The Morgan fingerprint density at radius 1 is 1.33 bits per heavy atom. The predicted molar refractivity (Wildman–Crippen MR) is 62.1 cm³/mol. The van der Waals surface area contributed by atoms with Gasteiger partial charge in [0.2, 0.25) is 0 Å². The second kappa shape index (κ2) is 5.83. The van der Waals surface area contributed by atoms with Gasteiger partial charge in [0.15, 0.2) is 0 Å². The summed E-state index contributed by atoms with van der Waals surface area (Å²) < 4.78 is 5.36. The Kier molecular flexibility index (Phi) is 4.42. The van der Waals surface area contributed by atoms with Gasteiger partial charge in [-0.2, -0.15) is 0 Å². The van der Waals surface area contributed by atoms with Crippen LogP contribution in [0, 0.1) is 0 Å². The van der Waals surface area contributed by atoms with Gasteiger partial charge >= 0.3 is 0 Å². The van der Waals surface area contributed by atoms with E-state index in [0.29, 0.717) is 12.1 Å². The first kappa shape index (κ1) is 11.4. The molecule has 2 heterocycles. The van der Waals surface area contributed by atoms with Gasteiger partial charge in [-0.3, -0.25) is 0 Å². The average molecular weight is 212 g/mol. The largest absolute Gasteiger partial charge is 0.381 e. The summed E-state index contributed by atoms with van der Waals surface area (Å²) in [5, 5.41) is 7.29. The minimum atomic E-state index is 0.642. The van der Waals surface area contributed by atoms with Crippen LogP contribution in [0.3, 0.4) is 0 Å². The number of ether oxygens (including phenoxy) is 1. The van der Waals surface area contributed by atoms with Gasteiger partial charge in [0.05, 0.1) is 0 Å². The zero-order valence-corrected chi connectivity index (χ0v) is 9.80. The zero-order valence-electron chi connectivity index (χ0n) is 9.80. The van der Waals surface area contributed by atoms with Crippen LogP contribution in [0.25, 0.3) is 0 Å². The van der Waals surface area contributed by atoms with Crippen molar-refractivity contribution in [3.05, 3.63) is 0 Å². The predicted octanol–water partition coefficient (Wildman–Crippen LogP) is 1.29. The van der Waals surface area contributed by atoms with E-state index in [1.807, 2.05) is 0 Å². The van der Waals surface area contributed by atoms with E-state index in [2.05, 4.69) is 17.6 Å². The van der Waals surface area contributed by atoms with E-state index in [0.717, 1.165) is 19.3 Å². The molecule has 0 aromatic rings. The summed E-state index contributed by atoms with van der Waals surface area (Å²) in [5.74, 6) is 0. The molecule has 0 aromatic carbocycles. The average Bonchev–Trinajstić information content (AvgIpc) is 2.71. The first-order chi connectivity index (χ1) is 7.34. The Labute approximate surface area is 93.0 Å². The van der Waals surface area contributed by atoms with E-state index in [9.17, 15) is 0 Å². The molecule has 0 radical (unpaired) electrons. The van der Waals surface area contributed by atoms with Gasteiger partial charge in [-0.1, -0.05) is 0 Å². The molecule has 0 bridgehead atoms. The molecule has 2 aliphatic heterocycles. The first-order valence-electron chi connectivity index (χ1n) is 6.42. The molecular formula is C12H24N2O. The normalized spacial score (nSPS) is 30.6. The zero-order chi connectivity index (χ0) is 10.5. The number of rotatable bonds is 4. The summed E-state index contributed by atoms with van der Waals surface area (Å²) in [7, 11) is 0. The molecule has 15 heavy (non-hydrogen) atoms. The van der Waals surface area contributed by atoms with Crippen LogP contribution in [-0.2, 0) is 4.74 Å².